The first-order chi connectivity index (χ1) is 13.8. The summed E-state index contributed by atoms with van der Waals surface area (Å²) < 4.78 is 20.0. The van der Waals surface area contributed by atoms with Crippen molar-refractivity contribution < 1.29 is 14.2 Å². The molecule has 0 heterocycles. The zero-order chi connectivity index (χ0) is 22.3. The standard InChI is InChI=1S/C26H54O3/c1-10-15-16-17-18-19-20-25(21(6)11-2)26(27-22(7)12-3,28-23(8)13-4)29-24(9)14-5/h21-25H,10-20H2,1-9H3. The smallest absolute Gasteiger partial charge is 0.286 e. The van der Waals surface area contributed by atoms with Gasteiger partial charge in [-0.3, -0.25) is 0 Å². The molecule has 0 amide bonds. The van der Waals surface area contributed by atoms with Crippen LogP contribution in [-0.2, 0) is 14.2 Å². The summed E-state index contributed by atoms with van der Waals surface area (Å²) in [4.78, 5) is 0. The number of ether oxygens (including phenoxy) is 3. The van der Waals surface area contributed by atoms with Crippen LogP contribution in [0.3, 0.4) is 0 Å². The molecule has 0 aliphatic rings. The Hall–Kier alpha value is -0.120. The predicted molar refractivity (Wildman–Crippen MR) is 126 cm³/mol. The fraction of sp³-hybridized carbons (Fsp3) is 1.00. The van der Waals surface area contributed by atoms with Crippen LogP contribution in [-0.4, -0.2) is 24.3 Å². The number of rotatable bonds is 19. The fourth-order valence-electron chi connectivity index (χ4n) is 3.68. The van der Waals surface area contributed by atoms with Gasteiger partial charge in [0.2, 0.25) is 0 Å². The average Bonchev–Trinajstić information content (AvgIpc) is 2.71. The topological polar surface area (TPSA) is 27.7 Å². The van der Waals surface area contributed by atoms with Gasteiger partial charge in [0.1, 0.15) is 0 Å². The molecule has 5 atom stereocenters. The fourth-order valence-corrected chi connectivity index (χ4v) is 3.68. The van der Waals surface area contributed by atoms with Gasteiger partial charge in [0.05, 0.1) is 18.3 Å². The molecule has 0 N–H and O–H groups in total. The summed E-state index contributed by atoms with van der Waals surface area (Å²) in [5.74, 6) is -0.211. The zero-order valence-corrected chi connectivity index (χ0v) is 21.4. The lowest BCUT2D eigenvalue weighted by Crippen LogP contribution is -2.53. The van der Waals surface area contributed by atoms with Crippen molar-refractivity contribution in [3.8, 4) is 0 Å². The van der Waals surface area contributed by atoms with E-state index in [9.17, 15) is 0 Å². The summed E-state index contributed by atoms with van der Waals surface area (Å²) in [7, 11) is 0. The van der Waals surface area contributed by atoms with Crippen molar-refractivity contribution in [3.63, 3.8) is 0 Å². The summed E-state index contributed by atoms with van der Waals surface area (Å²) >= 11 is 0. The van der Waals surface area contributed by atoms with Gasteiger partial charge in [-0.25, -0.2) is 0 Å². The van der Waals surface area contributed by atoms with Gasteiger partial charge in [-0.1, -0.05) is 86.5 Å². The number of hydrogen-bond acceptors (Lipinski definition) is 3. The molecule has 0 spiro atoms. The summed E-state index contributed by atoms with van der Waals surface area (Å²) in [6.07, 6.45) is 13.3. The quantitative estimate of drug-likeness (QED) is 0.157. The molecule has 0 rings (SSSR count). The minimum atomic E-state index is -0.945. The van der Waals surface area contributed by atoms with Crippen LogP contribution in [0.2, 0.25) is 0 Å². The van der Waals surface area contributed by atoms with Crippen molar-refractivity contribution in [2.45, 2.75) is 157 Å². The Bertz CT molecular complexity index is 340. The van der Waals surface area contributed by atoms with E-state index in [4.69, 9.17) is 14.2 Å². The van der Waals surface area contributed by atoms with E-state index in [2.05, 4.69) is 62.3 Å². The van der Waals surface area contributed by atoms with Gasteiger partial charge in [0.25, 0.3) is 5.97 Å². The second-order valence-electron chi connectivity index (χ2n) is 9.16. The summed E-state index contributed by atoms with van der Waals surface area (Å²) in [5.41, 5.74) is 0. The highest BCUT2D eigenvalue weighted by molar-refractivity contribution is 4.80. The van der Waals surface area contributed by atoms with Crippen LogP contribution in [0.25, 0.3) is 0 Å². The van der Waals surface area contributed by atoms with Crippen LogP contribution < -0.4 is 0 Å². The first-order valence-corrected chi connectivity index (χ1v) is 12.8. The van der Waals surface area contributed by atoms with Gasteiger partial charge in [0.15, 0.2) is 0 Å². The minimum absolute atomic E-state index is 0.110. The normalized spacial score (nSPS) is 19.3. The third kappa shape index (κ3) is 11.2. The first-order valence-electron chi connectivity index (χ1n) is 12.8. The molecule has 5 unspecified atom stereocenters. The molecule has 0 aliphatic carbocycles. The molecule has 0 saturated heterocycles. The van der Waals surface area contributed by atoms with Gasteiger partial charge < -0.3 is 14.2 Å². The number of hydrogen-bond donors (Lipinski definition) is 0. The molecule has 29 heavy (non-hydrogen) atoms. The Kier molecular flexibility index (Phi) is 16.5. The van der Waals surface area contributed by atoms with Gasteiger partial charge in [0, 0.05) is 5.92 Å². The molecule has 3 nitrogen and oxygen atoms in total. The van der Waals surface area contributed by atoms with Crippen LogP contribution in [0.4, 0.5) is 0 Å². The minimum Gasteiger partial charge on any atom is -0.324 e. The van der Waals surface area contributed by atoms with Crippen molar-refractivity contribution in [1.29, 1.82) is 0 Å². The van der Waals surface area contributed by atoms with E-state index >= 15 is 0 Å². The Morgan fingerprint density at radius 3 is 1.34 bits per heavy atom. The maximum Gasteiger partial charge on any atom is 0.286 e. The van der Waals surface area contributed by atoms with E-state index in [-0.39, 0.29) is 24.2 Å². The van der Waals surface area contributed by atoms with Crippen LogP contribution >= 0.6 is 0 Å². The second-order valence-corrected chi connectivity index (χ2v) is 9.16. The Morgan fingerprint density at radius 1 is 0.552 bits per heavy atom. The molecule has 0 aromatic rings. The lowest BCUT2D eigenvalue weighted by molar-refractivity contribution is -0.441. The Morgan fingerprint density at radius 2 is 0.966 bits per heavy atom. The number of unbranched alkanes of at least 4 members (excludes halogenated alkanes) is 5. The maximum absolute atomic E-state index is 6.67. The van der Waals surface area contributed by atoms with E-state index in [1.165, 1.54) is 38.5 Å². The van der Waals surface area contributed by atoms with Crippen molar-refractivity contribution in [2.24, 2.45) is 11.8 Å². The van der Waals surface area contributed by atoms with Gasteiger partial charge in [-0.05, 0) is 52.4 Å². The highest BCUT2D eigenvalue weighted by atomic mass is 16.9. The summed E-state index contributed by atoms with van der Waals surface area (Å²) in [6.45, 7) is 19.9. The largest absolute Gasteiger partial charge is 0.324 e. The molecule has 3 heteroatoms. The van der Waals surface area contributed by atoms with E-state index in [0.29, 0.717) is 5.92 Å². The Labute approximate surface area is 183 Å². The molecular formula is C26H54O3. The first kappa shape index (κ1) is 28.9. The van der Waals surface area contributed by atoms with Crippen LogP contribution in [0.15, 0.2) is 0 Å². The average molecular weight is 415 g/mol. The van der Waals surface area contributed by atoms with Crippen molar-refractivity contribution in [1.82, 2.24) is 0 Å². The zero-order valence-electron chi connectivity index (χ0n) is 21.4. The third-order valence-electron chi connectivity index (χ3n) is 6.47. The highest BCUT2D eigenvalue weighted by Crippen LogP contribution is 2.40. The highest BCUT2D eigenvalue weighted by Gasteiger charge is 2.47. The van der Waals surface area contributed by atoms with Crippen molar-refractivity contribution >= 4 is 0 Å². The van der Waals surface area contributed by atoms with Crippen LogP contribution in [0.1, 0.15) is 133 Å². The molecule has 0 radical (unpaired) electrons. The van der Waals surface area contributed by atoms with E-state index in [1.54, 1.807) is 0 Å². The van der Waals surface area contributed by atoms with E-state index in [0.717, 1.165) is 32.1 Å². The van der Waals surface area contributed by atoms with Crippen LogP contribution in [0, 0.1) is 11.8 Å². The second kappa shape index (κ2) is 16.6. The summed E-state index contributed by atoms with van der Waals surface area (Å²) in [5, 5.41) is 0. The monoisotopic (exact) mass is 414 g/mol. The van der Waals surface area contributed by atoms with Gasteiger partial charge >= 0.3 is 0 Å². The summed E-state index contributed by atoms with van der Waals surface area (Å²) in [6, 6.07) is 0. The Balaban J connectivity index is 5.67. The SMILES string of the molecule is CCCCCCCCC(C(C)CC)C(OC(C)CC)(OC(C)CC)OC(C)CC. The molecule has 0 fully saturated rings. The van der Waals surface area contributed by atoms with Crippen LogP contribution in [0.5, 0.6) is 0 Å². The maximum atomic E-state index is 6.67. The molecule has 176 valence electrons. The predicted octanol–water partition coefficient (Wildman–Crippen LogP) is 8.50. The molecule has 0 aliphatic heterocycles. The molecule has 0 bridgehead atoms. The van der Waals surface area contributed by atoms with E-state index in [1.807, 2.05) is 0 Å². The lowest BCUT2D eigenvalue weighted by atomic mass is 9.84. The van der Waals surface area contributed by atoms with Gasteiger partial charge in [-0.2, -0.15) is 0 Å². The molecule has 0 aromatic carbocycles. The third-order valence-corrected chi connectivity index (χ3v) is 6.47. The van der Waals surface area contributed by atoms with Crippen molar-refractivity contribution in [3.05, 3.63) is 0 Å². The molecule has 0 saturated carbocycles. The van der Waals surface area contributed by atoms with Gasteiger partial charge in [-0.15, -0.1) is 0 Å². The van der Waals surface area contributed by atoms with E-state index < -0.39 is 5.97 Å². The molecular weight excluding hydrogens is 360 g/mol. The molecule has 0 aromatic heterocycles. The lowest BCUT2D eigenvalue weighted by Gasteiger charge is -2.46. The van der Waals surface area contributed by atoms with Crippen molar-refractivity contribution in [2.75, 3.05) is 0 Å².